The van der Waals surface area contributed by atoms with Crippen LogP contribution in [0.3, 0.4) is 0 Å². The summed E-state index contributed by atoms with van der Waals surface area (Å²) in [6.45, 7) is 10.3. The molecule has 0 radical (unpaired) electrons. The average Bonchev–Trinajstić information content (AvgIpc) is 2.65. The summed E-state index contributed by atoms with van der Waals surface area (Å²) in [5, 5.41) is 6.75. The van der Waals surface area contributed by atoms with E-state index in [1.807, 2.05) is 64.9 Å². The second-order valence-electron chi connectivity index (χ2n) is 8.49. The van der Waals surface area contributed by atoms with Gasteiger partial charge in [0.1, 0.15) is 11.4 Å². The summed E-state index contributed by atoms with van der Waals surface area (Å²) >= 11 is 0. The molecule has 1 unspecified atom stereocenters. The second kappa shape index (κ2) is 12.2. The molecule has 1 fully saturated rings. The molecule has 0 aliphatic carbocycles. The predicted molar refractivity (Wildman–Crippen MR) is 133 cm³/mol. The quantitative estimate of drug-likeness (QED) is 0.345. The van der Waals surface area contributed by atoms with Gasteiger partial charge in [0.25, 0.3) is 0 Å². The number of likely N-dealkylation sites (tertiary alicyclic amines) is 1. The van der Waals surface area contributed by atoms with Crippen molar-refractivity contribution in [3.63, 3.8) is 0 Å². The molecule has 170 valence electrons. The monoisotopic (exact) mass is 532 g/mol. The van der Waals surface area contributed by atoms with E-state index in [1.54, 1.807) is 4.90 Å². The SMILES string of the molecule is CCNC(=NCc1cccc(N(C)C)n1)NC1CCCN(C(=O)OC(C)(C)C)C1.I. The van der Waals surface area contributed by atoms with Crippen molar-refractivity contribution in [2.24, 2.45) is 4.99 Å². The minimum Gasteiger partial charge on any atom is -0.444 e. The van der Waals surface area contributed by atoms with Crippen molar-refractivity contribution in [2.75, 3.05) is 38.6 Å². The highest BCUT2D eigenvalue weighted by atomic mass is 127. The van der Waals surface area contributed by atoms with Crippen molar-refractivity contribution >= 4 is 41.8 Å². The van der Waals surface area contributed by atoms with Gasteiger partial charge in [-0.25, -0.2) is 14.8 Å². The molecule has 1 aromatic heterocycles. The maximum atomic E-state index is 12.4. The third kappa shape index (κ3) is 8.93. The molecule has 1 aliphatic rings. The first-order valence-corrected chi connectivity index (χ1v) is 10.3. The molecule has 1 aromatic rings. The molecule has 2 heterocycles. The zero-order valence-corrected chi connectivity index (χ0v) is 21.4. The Morgan fingerprint density at radius 3 is 2.73 bits per heavy atom. The summed E-state index contributed by atoms with van der Waals surface area (Å²) in [5.41, 5.74) is 0.425. The average molecular weight is 532 g/mol. The lowest BCUT2D eigenvalue weighted by Crippen LogP contribution is -2.53. The maximum Gasteiger partial charge on any atom is 0.410 e. The van der Waals surface area contributed by atoms with Crippen molar-refractivity contribution in [2.45, 2.75) is 58.7 Å². The van der Waals surface area contributed by atoms with Crippen molar-refractivity contribution in [3.05, 3.63) is 23.9 Å². The van der Waals surface area contributed by atoms with Crippen molar-refractivity contribution in [1.82, 2.24) is 20.5 Å². The minimum atomic E-state index is -0.484. The van der Waals surface area contributed by atoms with Crippen LogP contribution in [0.25, 0.3) is 0 Å². The van der Waals surface area contributed by atoms with Gasteiger partial charge in [0.2, 0.25) is 0 Å². The smallest absolute Gasteiger partial charge is 0.410 e. The van der Waals surface area contributed by atoms with Crippen LogP contribution in [0, 0.1) is 0 Å². The van der Waals surface area contributed by atoms with Crippen LogP contribution in [0.2, 0.25) is 0 Å². The Labute approximate surface area is 197 Å². The number of guanidine groups is 1. The Kier molecular flexibility index (Phi) is 10.6. The number of ether oxygens (including phenoxy) is 1. The molecule has 2 rings (SSSR count). The fourth-order valence-electron chi connectivity index (χ4n) is 3.06. The largest absolute Gasteiger partial charge is 0.444 e. The molecule has 0 aromatic carbocycles. The Morgan fingerprint density at radius 2 is 2.10 bits per heavy atom. The summed E-state index contributed by atoms with van der Waals surface area (Å²) in [5.74, 6) is 1.65. The van der Waals surface area contributed by atoms with E-state index in [2.05, 4.69) is 20.6 Å². The number of carbonyl (C=O) groups excluding carboxylic acids is 1. The molecule has 0 spiro atoms. The number of rotatable bonds is 5. The molecule has 0 bridgehead atoms. The lowest BCUT2D eigenvalue weighted by molar-refractivity contribution is 0.0193. The molecule has 30 heavy (non-hydrogen) atoms. The van der Waals surface area contributed by atoms with Crippen LogP contribution in [0.4, 0.5) is 10.6 Å². The van der Waals surface area contributed by atoms with E-state index in [-0.39, 0.29) is 36.1 Å². The molecule has 9 heteroatoms. The van der Waals surface area contributed by atoms with Crippen LogP contribution in [0.5, 0.6) is 0 Å². The van der Waals surface area contributed by atoms with E-state index in [1.165, 1.54) is 0 Å². The highest BCUT2D eigenvalue weighted by Gasteiger charge is 2.28. The second-order valence-corrected chi connectivity index (χ2v) is 8.49. The first-order valence-electron chi connectivity index (χ1n) is 10.3. The zero-order valence-electron chi connectivity index (χ0n) is 19.1. The number of aliphatic imine (C=N–C) groups is 1. The lowest BCUT2D eigenvalue weighted by atomic mass is 10.1. The highest BCUT2D eigenvalue weighted by molar-refractivity contribution is 14.0. The number of hydrogen-bond acceptors (Lipinski definition) is 5. The van der Waals surface area contributed by atoms with E-state index in [0.29, 0.717) is 13.1 Å². The van der Waals surface area contributed by atoms with E-state index >= 15 is 0 Å². The third-order valence-electron chi connectivity index (χ3n) is 4.41. The van der Waals surface area contributed by atoms with Gasteiger partial charge in [0.05, 0.1) is 12.2 Å². The Bertz CT molecular complexity index is 705. The maximum absolute atomic E-state index is 12.4. The molecular formula is C21H37IN6O2. The number of hydrogen-bond donors (Lipinski definition) is 2. The van der Waals surface area contributed by atoms with Gasteiger partial charge in [-0.05, 0) is 52.7 Å². The number of halogens is 1. The van der Waals surface area contributed by atoms with E-state index in [0.717, 1.165) is 43.4 Å². The molecule has 1 saturated heterocycles. The van der Waals surface area contributed by atoms with Gasteiger partial charge >= 0.3 is 6.09 Å². The van der Waals surface area contributed by atoms with Crippen molar-refractivity contribution in [1.29, 1.82) is 0 Å². The number of aromatic nitrogens is 1. The van der Waals surface area contributed by atoms with Crippen LogP contribution in [-0.4, -0.2) is 67.3 Å². The first kappa shape index (κ1) is 26.3. The van der Waals surface area contributed by atoms with E-state index in [4.69, 9.17) is 4.74 Å². The summed E-state index contributed by atoms with van der Waals surface area (Å²) in [4.78, 5) is 25.4. The Balaban J connectivity index is 0.00000450. The minimum absolute atomic E-state index is 0. The third-order valence-corrected chi connectivity index (χ3v) is 4.41. The van der Waals surface area contributed by atoms with E-state index in [9.17, 15) is 4.79 Å². The van der Waals surface area contributed by atoms with Gasteiger partial charge in [-0.2, -0.15) is 0 Å². The number of anilines is 1. The van der Waals surface area contributed by atoms with Crippen LogP contribution in [0.1, 0.15) is 46.2 Å². The Morgan fingerprint density at radius 1 is 1.37 bits per heavy atom. The molecular weight excluding hydrogens is 495 g/mol. The fraction of sp³-hybridized carbons (Fsp3) is 0.667. The van der Waals surface area contributed by atoms with Crippen LogP contribution < -0.4 is 15.5 Å². The van der Waals surface area contributed by atoms with E-state index < -0.39 is 5.60 Å². The number of nitrogens with one attached hydrogen (secondary N) is 2. The normalized spacial score (nSPS) is 17.1. The first-order chi connectivity index (χ1) is 13.7. The molecule has 1 amide bonds. The van der Waals surface area contributed by atoms with Crippen LogP contribution in [-0.2, 0) is 11.3 Å². The topological polar surface area (TPSA) is 82.1 Å². The van der Waals surface area contributed by atoms with Gasteiger partial charge in [0, 0.05) is 39.8 Å². The number of piperidine rings is 1. The van der Waals surface area contributed by atoms with Gasteiger partial charge in [-0.15, -0.1) is 24.0 Å². The van der Waals surface area contributed by atoms with Crippen LogP contribution in [0.15, 0.2) is 23.2 Å². The predicted octanol–water partition coefficient (Wildman–Crippen LogP) is 3.22. The molecule has 1 aliphatic heterocycles. The number of carbonyl (C=O) groups is 1. The zero-order chi connectivity index (χ0) is 21.4. The van der Waals surface area contributed by atoms with Gasteiger partial charge in [-0.1, -0.05) is 6.07 Å². The van der Waals surface area contributed by atoms with Gasteiger partial charge < -0.3 is 25.2 Å². The molecule has 1 atom stereocenters. The lowest BCUT2D eigenvalue weighted by Gasteiger charge is -2.35. The highest BCUT2D eigenvalue weighted by Crippen LogP contribution is 2.15. The molecule has 2 N–H and O–H groups in total. The van der Waals surface area contributed by atoms with Gasteiger partial charge in [0.15, 0.2) is 5.96 Å². The summed E-state index contributed by atoms with van der Waals surface area (Å²) in [7, 11) is 3.95. The number of pyridine rings is 1. The standard InChI is InChI=1S/C21H36N6O2.HI/c1-7-22-19(23-14-16-10-8-12-18(24-16)26(5)6)25-17-11-9-13-27(15-17)20(28)29-21(2,3)4;/h8,10,12,17H,7,9,11,13-15H2,1-6H3,(H2,22,23,25);1H. The molecule has 0 saturated carbocycles. The summed E-state index contributed by atoms with van der Waals surface area (Å²) in [6.07, 6.45) is 1.66. The Hall–Kier alpha value is -1.78. The summed E-state index contributed by atoms with van der Waals surface area (Å²) in [6, 6.07) is 6.08. The molecule has 8 nitrogen and oxygen atoms in total. The van der Waals surface area contributed by atoms with Gasteiger partial charge in [-0.3, -0.25) is 0 Å². The number of nitrogens with zero attached hydrogens (tertiary/aromatic N) is 4. The summed E-state index contributed by atoms with van der Waals surface area (Å²) < 4.78 is 5.51. The fourth-order valence-corrected chi connectivity index (χ4v) is 3.06. The van der Waals surface area contributed by atoms with Crippen molar-refractivity contribution < 1.29 is 9.53 Å². The van der Waals surface area contributed by atoms with Crippen LogP contribution >= 0.6 is 24.0 Å². The van der Waals surface area contributed by atoms with Crippen molar-refractivity contribution in [3.8, 4) is 0 Å². The number of amides is 1.